The van der Waals surface area contributed by atoms with E-state index in [0.717, 1.165) is 27.6 Å². The predicted octanol–water partition coefficient (Wildman–Crippen LogP) is 3.48. The summed E-state index contributed by atoms with van der Waals surface area (Å²) < 4.78 is 1.43. The number of nitrogens with one attached hydrogen (secondary N) is 1. The second-order valence-corrected chi connectivity index (χ2v) is 6.67. The number of H-pyrrole nitrogens is 1. The van der Waals surface area contributed by atoms with E-state index in [4.69, 9.17) is 5.11 Å². The minimum Gasteiger partial charge on any atom is -0.481 e. The second-order valence-electron chi connectivity index (χ2n) is 6.67. The molecule has 4 aromatic rings. The molecule has 2 aromatic carbocycles. The SMILES string of the molecule is Cc1nc2c(-c3cccc4ccccc34)c(C)[nH]n2c(=O)c1CCC(=O)O. The Hall–Kier alpha value is -3.41. The van der Waals surface area contributed by atoms with Gasteiger partial charge >= 0.3 is 5.97 Å². The summed E-state index contributed by atoms with van der Waals surface area (Å²) in [5, 5.41) is 14.2. The van der Waals surface area contributed by atoms with Crippen LogP contribution in [0.4, 0.5) is 0 Å². The van der Waals surface area contributed by atoms with Crippen LogP contribution < -0.4 is 5.56 Å². The number of aliphatic carboxylic acids is 1. The van der Waals surface area contributed by atoms with Crippen molar-refractivity contribution in [2.45, 2.75) is 26.7 Å². The zero-order valence-corrected chi connectivity index (χ0v) is 15.1. The highest BCUT2D eigenvalue weighted by Crippen LogP contribution is 2.33. The van der Waals surface area contributed by atoms with E-state index in [9.17, 15) is 9.59 Å². The van der Waals surface area contributed by atoms with Gasteiger partial charge in [0.1, 0.15) is 0 Å². The lowest BCUT2D eigenvalue weighted by atomic mass is 9.98. The van der Waals surface area contributed by atoms with E-state index < -0.39 is 5.97 Å². The van der Waals surface area contributed by atoms with Gasteiger partial charge in [-0.1, -0.05) is 42.5 Å². The first kappa shape index (κ1) is 17.0. The molecule has 0 aliphatic carbocycles. The van der Waals surface area contributed by atoms with Crippen LogP contribution in [-0.4, -0.2) is 25.7 Å². The Labute approximate surface area is 155 Å². The van der Waals surface area contributed by atoms with Gasteiger partial charge in [-0.2, -0.15) is 0 Å². The monoisotopic (exact) mass is 361 g/mol. The molecule has 27 heavy (non-hydrogen) atoms. The maximum atomic E-state index is 12.9. The van der Waals surface area contributed by atoms with Crippen LogP contribution in [0.15, 0.2) is 47.3 Å². The molecule has 2 heterocycles. The van der Waals surface area contributed by atoms with Crippen LogP contribution >= 0.6 is 0 Å². The number of fused-ring (bicyclic) bond motifs is 2. The fourth-order valence-corrected chi connectivity index (χ4v) is 3.61. The number of nitrogens with zero attached hydrogens (tertiary/aromatic N) is 2. The molecule has 0 aliphatic heterocycles. The Morgan fingerprint density at radius 1 is 1.15 bits per heavy atom. The summed E-state index contributed by atoms with van der Waals surface area (Å²) in [7, 11) is 0. The molecule has 0 saturated heterocycles. The van der Waals surface area contributed by atoms with Crippen LogP contribution in [-0.2, 0) is 11.2 Å². The molecule has 2 N–H and O–H groups in total. The largest absolute Gasteiger partial charge is 0.481 e. The van der Waals surface area contributed by atoms with Crippen LogP contribution in [0, 0.1) is 13.8 Å². The van der Waals surface area contributed by atoms with Crippen molar-refractivity contribution in [3.8, 4) is 11.1 Å². The third-order valence-corrected chi connectivity index (χ3v) is 4.91. The van der Waals surface area contributed by atoms with Crippen molar-refractivity contribution in [3.63, 3.8) is 0 Å². The van der Waals surface area contributed by atoms with Crippen molar-refractivity contribution in [2.75, 3.05) is 0 Å². The molecule has 0 bridgehead atoms. The quantitative estimate of drug-likeness (QED) is 0.582. The highest BCUT2D eigenvalue weighted by Gasteiger charge is 2.19. The molecule has 0 amide bonds. The van der Waals surface area contributed by atoms with Gasteiger partial charge in [0.25, 0.3) is 5.56 Å². The van der Waals surface area contributed by atoms with Gasteiger partial charge < -0.3 is 5.11 Å². The first-order chi connectivity index (χ1) is 13.0. The summed E-state index contributed by atoms with van der Waals surface area (Å²) in [4.78, 5) is 28.5. The minimum atomic E-state index is -0.932. The number of hydrogen-bond acceptors (Lipinski definition) is 3. The van der Waals surface area contributed by atoms with Gasteiger partial charge in [-0.05, 0) is 36.6 Å². The first-order valence-corrected chi connectivity index (χ1v) is 8.78. The van der Waals surface area contributed by atoms with Gasteiger partial charge in [0.15, 0.2) is 5.65 Å². The lowest BCUT2D eigenvalue weighted by molar-refractivity contribution is -0.136. The minimum absolute atomic E-state index is 0.0975. The number of aryl methyl sites for hydroxylation is 2. The number of aromatic nitrogens is 3. The smallest absolute Gasteiger partial charge is 0.303 e. The van der Waals surface area contributed by atoms with Crippen LogP contribution in [0.5, 0.6) is 0 Å². The van der Waals surface area contributed by atoms with Crippen LogP contribution in [0.2, 0.25) is 0 Å². The zero-order valence-electron chi connectivity index (χ0n) is 15.1. The van der Waals surface area contributed by atoms with E-state index in [1.54, 1.807) is 6.92 Å². The third kappa shape index (κ3) is 2.79. The number of aromatic amines is 1. The molecule has 2 aromatic heterocycles. The van der Waals surface area contributed by atoms with Crippen molar-refractivity contribution in [1.29, 1.82) is 0 Å². The highest BCUT2D eigenvalue weighted by molar-refractivity contribution is 6.00. The average molecular weight is 361 g/mol. The Morgan fingerprint density at radius 3 is 2.67 bits per heavy atom. The molecule has 0 atom stereocenters. The molecule has 6 nitrogen and oxygen atoms in total. The number of rotatable bonds is 4. The van der Waals surface area contributed by atoms with Gasteiger partial charge in [-0.3, -0.25) is 14.7 Å². The summed E-state index contributed by atoms with van der Waals surface area (Å²) in [6, 6.07) is 14.2. The number of carbonyl (C=O) groups is 1. The normalized spacial score (nSPS) is 11.3. The Balaban J connectivity index is 1.99. The fraction of sp³-hybridized carbons (Fsp3) is 0.190. The van der Waals surface area contributed by atoms with Crippen LogP contribution in [0.1, 0.15) is 23.4 Å². The van der Waals surface area contributed by atoms with E-state index in [-0.39, 0.29) is 18.4 Å². The highest BCUT2D eigenvalue weighted by atomic mass is 16.4. The summed E-state index contributed by atoms with van der Waals surface area (Å²) in [5.41, 5.74) is 4.05. The van der Waals surface area contributed by atoms with E-state index in [0.29, 0.717) is 16.9 Å². The Bertz CT molecular complexity index is 1250. The topological polar surface area (TPSA) is 87.5 Å². The van der Waals surface area contributed by atoms with Crippen molar-refractivity contribution >= 4 is 22.4 Å². The summed E-state index contributed by atoms with van der Waals surface area (Å²) in [6.45, 7) is 3.67. The van der Waals surface area contributed by atoms with E-state index >= 15 is 0 Å². The van der Waals surface area contributed by atoms with Crippen molar-refractivity contribution in [2.24, 2.45) is 0 Å². The Morgan fingerprint density at radius 2 is 1.89 bits per heavy atom. The third-order valence-electron chi connectivity index (χ3n) is 4.91. The molecule has 0 spiro atoms. The molecule has 0 aliphatic rings. The second kappa shape index (κ2) is 6.39. The summed E-state index contributed by atoms with van der Waals surface area (Å²) >= 11 is 0. The molecule has 0 radical (unpaired) electrons. The molecule has 4 rings (SSSR count). The maximum absolute atomic E-state index is 12.9. The van der Waals surface area contributed by atoms with Crippen molar-refractivity contribution in [1.82, 2.24) is 14.6 Å². The molecule has 6 heteroatoms. The van der Waals surface area contributed by atoms with Gasteiger partial charge in [0.2, 0.25) is 0 Å². The van der Waals surface area contributed by atoms with Gasteiger partial charge in [0.05, 0.1) is 0 Å². The number of hydrogen-bond donors (Lipinski definition) is 2. The molecule has 0 saturated carbocycles. The molecular weight excluding hydrogens is 342 g/mol. The number of carboxylic acid groups (broad SMARTS) is 1. The zero-order chi connectivity index (χ0) is 19.1. The van der Waals surface area contributed by atoms with E-state index in [1.807, 2.05) is 31.2 Å². The number of benzene rings is 2. The first-order valence-electron chi connectivity index (χ1n) is 8.78. The standard InChI is InChI=1S/C21H19N3O3/c1-12-15(10-11-18(25)26)21(27)24-20(22-12)19(13(2)23-24)17-9-5-7-14-6-3-4-8-16(14)17/h3-9,23H,10-11H2,1-2H3,(H,25,26). The molecule has 0 unspecified atom stereocenters. The number of carboxylic acids is 1. The molecular formula is C21H19N3O3. The van der Waals surface area contributed by atoms with Crippen molar-refractivity contribution < 1.29 is 9.90 Å². The van der Waals surface area contributed by atoms with Gasteiger partial charge in [-0.15, -0.1) is 0 Å². The summed E-state index contributed by atoms with van der Waals surface area (Å²) in [5.74, 6) is -0.932. The fourth-order valence-electron chi connectivity index (χ4n) is 3.61. The summed E-state index contributed by atoms with van der Waals surface area (Å²) in [6.07, 6.45) is 0.0668. The lowest BCUT2D eigenvalue weighted by Crippen LogP contribution is -2.22. The average Bonchev–Trinajstić information content (AvgIpc) is 2.97. The molecule has 136 valence electrons. The van der Waals surface area contributed by atoms with Crippen LogP contribution in [0.3, 0.4) is 0 Å². The van der Waals surface area contributed by atoms with Gasteiger partial charge in [0, 0.05) is 28.9 Å². The lowest BCUT2D eigenvalue weighted by Gasteiger charge is -2.08. The molecule has 0 fully saturated rings. The Kier molecular flexibility index (Phi) is 4.03. The maximum Gasteiger partial charge on any atom is 0.303 e. The van der Waals surface area contributed by atoms with E-state index in [1.165, 1.54) is 4.52 Å². The van der Waals surface area contributed by atoms with E-state index in [2.05, 4.69) is 28.3 Å². The van der Waals surface area contributed by atoms with Crippen LogP contribution in [0.25, 0.3) is 27.5 Å². The predicted molar refractivity (Wildman–Crippen MR) is 104 cm³/mol. The van der Waals surface area contributed by atoms with Gasteiger partial charge in [-0.25, -0.2) is 9.50 Å². The van der Waals surface area contributed by atoms with Crippen molar-refractivity contribution in [3.05, 3.63) is 69.8 Å².